The summed E-state index contributed by atoms with van der Waals surface area (Å²) in [5.41, 5.74) is 0. The van der Waals surface area contributed by atoms with E-state index in [0.29, 0.717) is 0 Å². The van der Waals surface area contributed by atoms with Gasteiger partial charge in [-0.3, -0.25) is 9.59 Å². The zero-order chi connectivity index (χ0) is 11.7. The van der Waals surface area contributed by atoms with Gasteiger partial charge in [0.2, 0.25) is 0 Å². The Kier molecular flexibility index (Phi) is 7.17. The van der Waals surface area contributed by atoms with Crippen LogP contribution in [0.15, 0.2) is 0 Å². The van der Waals surface area contributed by atoms with Gasteiger partial charge in [-0.1, -0.05) is 0 Å². The van der Waals surface area contributed by atoms with E-state index in [4.69, 9.17) is 0 Å². The highest BCUT2D eigenvalue weighted by Crippen LogP contribution is 1.90. The van der Waals surface area contributed by atoms with Gasteiger partial charge in [0.25, 0.3) is 0 Å². The quantitative estimate of drug-likeness (QED) is 0.431. The first kappa shape index (κ1) is 13.6. The molecule has 0 spiro atoms. The molecular weight excluding hydrogens is 204 g/mol. The molecule has 86 valence electrons. The topological polar surface area (TPSA) is 78.9 Å². The summed E-state index contributed by atoms with van der Waals surface area (Å²) < 4.78 is 13.5. The molecule has 0 saturated heterocycles. The van der Waals surface area contributed by atoms with E-state index in [1.54, 1.807) is 6.92 Å². The summed E-state index contributed by atoms with van der Waals surface area (Å²) in [6.07, 6.45) is -0.381. The Balaban J connectivity index is 3.66. The minimum atomic E-state index is -0.644. The van der Waals surface area contributed by atoms with Crippen LogP contribution in [0, 0.1) is 0 Å². The minimum Gasteiger partial charge on any atom is -0.466 e. The largest absolute Gasteiger partial charge is 0.466 e. The summed E-state index contributed by atoms with van der Waals surface area (Å²) >= 11 is 0. The van der Waals surface area contributed by atoms with Crippen molar-refractivity contribution in [2.24, 2.45) is 0 Å². The standard InChI is InChI=1S/C9H14O6/c1-3-14-8(11)4-7(10)5-15-9(12)6-13-2/h3-6H2,1-2H3. The lowest BCUT2D eigenvalue weighted by Gasteiger charge is -2.03. The van der Waals surface area contributed by atoms with Crippen molar-refractivity contribution < 1.29 is 28.6 Å². The van der Waals surface area contributed by atoms with E-state index >= 15 is 0 Å². The first-order valence-corrected chi connectivity index (χ1v) is 4.42. The predicted molar refractivity (Wildman–Crippen MR) is 49.1 cm³/mol. The molecule has 0 aliphatic rings. The number of ketones is 1. The number of carbonyl (C=O) groups excluding carboxylic acids is 3. The van der Waals surface area contributed by atoms with Gasteiger partial charge in [0.05, 0.1) is 6.61 Å². The van der Waals surface area contributed by atoms with Crippen LogP contribution in [0.3, 0.4) is 0 Å². The van der Waals surface area contributed by atoms with E-state index < -0.39 is 24.3 Å². The van der Waals surface area contributed by atoms with Crippen molar-refractivity contribution >= 4 is 17.7 Å². The average Bonchev–Trinajstić information content (AvgIpc) is 2.15. The maximum Gasteiger partial charge on any atom is 0.332 e. The summed E-state index contributed by atoms with van der Waals surface area (Å²) in [6.45, 7) is 1.21. The summed E-state index contributed by atoms with van der Waals surface area (Å²) in [4.78, 5) is 32.6. The van der Waals surface area contributed by atoms with Crippen molar-refractivity contribution in [3.05, 3.63) is 0 Å². The molecule has 0 unspecified atom stereocenters. The van der Waals surface area contributed by atoms with Crippen LogP contribution < -0.4 is 0 Å². The van der Waals surface area contributed by atoms with Gasteiger partial charge in [-0.2, -0.15) is 0 Å². The normalized spacial score (nSPS) is 9.47. The zero-order valence-electron chi connectivity index (χ0n) is 8.78. The van der Waals surface area contributed by atoms with Crippen LogP contribution >= 0.6 is 0 Å². The highest BCUT2D eigenvalue weighted by atomic mass is 16.6. The minimum absolute atomic E-state index is 0.216. The molecule has 0 heterocycles. The number of Topliss-reactive ketones (excluding diaryl/α,β-unsaturated/α-hetero) is 1. The fraction of sp³-hybridized carbons (Fsp3) is 0.667. The summed E-state index contributed by atoms with van der Waals surface area (Å²) in [6, 6.07) is 0. The average molecular weight is 218 g/mol. The van der Waals surface area contributed by atoms with Gasteiger partial charge in [-0.15, -0.1) is 0 Å². The molecule has 0 radical (unpaired) electrons. The molecule has 0 aliphatic heterocycles. The van der Waals surface area contributed by atoms with Gasteiger partial charge in [-0.05, 0) is 6.92 Å². The van der Waals surface area contributed by atoms with Crippen LogP contribution in [0.1, 0.15) is 13.3 Å². The summed E-state index contributed by atoms with van der Waals surface area (Å²) in [5, 5.41) is 0. The number of carbonyl (C=O) groups is 3. The molecule has 6 nitrogen and oxygen atoms in total. The predicted octanol–water partition coefficient (Wildman–Crippen LogP) is -0.302. The Morgan fingerprint density at radius 1 is 1.00 bits per heavy atom. The molecule has 0 aliphatic carbocycles. The van der Waals surface area contributed by atoms with Gasteiger partial charge in [0.15, 0.2) is 12.4 Å². The van der Waals surface area contributed by atoms with Gasteiger partial charge in [-0.25, -0.2) is 4.79 Å². The Morgan fingerprint density at radius 2 is 1.67 bits per heavy atom. The van der Waals surface area contributed by atoms with E-state index in [1.165, 1.54) is 7.11 Å². The maximum atomic E-state index is 11.0. The molecule has 0 N–H and O–H groups in total. The summed E-state index contributed by atoms with van der Waals surface area (Å²) in [5.74, 6) is -1.77. The molecule has 15 heavy (non-hydrogen) atoms. The van der Waals surface area contributed by atoms with Crippen molar-refractivity contribution in [3.8, 4) is 0 Å². The third-order valence-corrected chi connectivity index (χ3v) is 1.30. The van der Waals surface area contributed by atoms with Gasteiger partial charge in [0, 0.05) is 7.11 Å². The maximum absolute atomic E-state index is 11.0. The second kappa shape index (κ2) is 7.93. The van der Waals surface area contributed by atoms with Crippen molar-refractivity contribution in [1.82, 2.24) is 0 Å². The van der Waals surface area contributed by atoms with Crippen LogP contribution in [-0.2, 0) is 28.6 Å². The van der Waals surface area contributed by atoms with Crippen molar-refractivity contribution in [1.29, 1.82) is 0 Å². The number of methoxy groups -OCH3 is 1. The monoisotopic (exact) mass is 218 g/mol. The molecule has 0 amide bonds. The smallest absolute Gasteiger partial charge is 0.332 e. The van der Waals surface area contributed by atoms with Gasteiger partial charge >= 0.3 is 11.9 Å². The Bertz CT molecular complexity index is 235. The number of rotatable bonds is 7. The number of hydrogen-bond donors (Lipinski definition) is 0. The van der Waals surface area contributed by atoms with Crippen molar-refractivity contribution in [3.63, 3.8) is 0 Å². The van der Waals surface area contributed by atoms with E-state index in [9.17, 15) is 14.4 Å². The van der Waals surface area contributed by atoms with Crippen LogP contribution in [0.5, 0.6) is 0 Å². The lowest BCUT2D eigenvalue weighted by Crippen LogP contribution is -2.20. The lowest BCUT2D eigenvalue weighted by atomic mass is 10.3. The van der Waals surface area contributed by atoms with Crippen molar-refractivity contribution in [2.45, 2.75) is 13.3 Å². The van der Waals surface area contributed by atoms with Crippen molar-refractivity contribution in [2.75, 3.05) is 26.9 Å². The van der Waals surface area contributed by atoms with Gasteiger partial charge in [0.1, 0.15) is 13.0 Å². The van der Waals surface area contributed by atoms with Crippen LogP contribution in [-0.4, -0.2) is 44.7 Å². The molecule has 0 fully saturated rings. The Labute approximate surface area is 87.5 Å². The molecule has 0 aromatic carbocycles. The number of esters is 2. The highest BCUT2D eigenvalue weighted by molar-refractivity contribution is 5.96. The molecule has 0 aromatic heterocycles. The lowest BCUT2D eigenvalue weighted by molar-refractivity contribution is -0.154. The molecule has 0 bridgehead atoms. The number of hydrogen-bond acceptors (Lipinski definition) is 6. The highest BCUT2D eigenvalue weighted by Gasteiger charge is 2.12. The van der Waals surface area contributed by atoms with E-state index in [-0.39, 0.29) is 19.6 Å². The van der Waals surface area contributed by atoms with E-state index in [2.05, 4.69) is 14.2 Å². The third-order valence-electron chi connectivity index (χ3n) is 1.30. The Morgan fingerprint density at radius 3 is 2.20 bits per heavy atom. The Hall–Kier alpha value is -1.43. The van der Waals surface area contributed by atoms with Crippen LogP contribution in [0.25, 0.3) is 0 Å². The first-order chi connectivity index (χ1) is 7.10. The molecular formula is C9H14O6. The third kappa shape index (κ3) is 7.63. The zero-order valence-corrected chi connectivity index (χ0v) is 8.78. The molecule has 0 aromatic rings. The van der Waals surface area contributed by atoms with Gasteiger partial charge < -0.3 is 14.2 Å². The first-order valence-electron chi connectivity index (χ1n) is 4.42. The summed E-state index contributed by atoms with van der Waals surface area (Å²) in [7, 11) is 1.34. The number of ether oxygens (including phenoxy) is 3. The van der Waals surface area contributed by atoms with Crippen LogP contribution in [0.4, 0.5) is 0 Å². The molecule has 0 saturated carbocycles. The second-order valence-electron chi connectivity index (χ2n) is 2.61. The molecule has 6 heteroatoms. The van der Waals surface area contributed by atoms with E-state index in [0.717, 1.165) is 0 Å². The second-order valence-corrected chi connectivity index (χ2v) is 2.61. The molecule has 0 rings (SSSR count). The van der Waals surface area contributed by atoms with E-state index in [1.807, 2.05) is 0 Å². The fourth-order valence-corrected chi connectivity index (χ4v) is 0.745. The SMILES string of the molecule is CCOC(=O)CC(=O)COC(=O)COC. The molecule has 0 atom stereocenters. The fourth-order valence-electron chi connectivity index (χ4n) is 0.745. The van der Waals surface area contributed by atoms with Crippen LogP contribution in [0.2, 0.25) is 0 Å².